The Morgan fingerprint density at radius 3 is 2.31 bits per heavy atom. The van der Waals surface area contributed by atoms with Crippen LogP contribution < -0.4 is 5.32 Å². The van der Waals surface area contributed by atoms with Crippen LogP contribution in [0.1, 0.15) is 27.0 Å². The van der Waals surface area contributed by atoms with Gasteiger partial charge in [0, 0.05) is 38.4 Å². The Bertz CT molecular complexity index is 1350. The van der Waals surface area contributed by atoms with Crippen molar-refractivity contribution in [3.8, 4) is 11.1 Å². The monoisotopic (exact) mass is 503 g/mol. The van der Waals surface area contributed by atoms with Crippen molar-refractivity contribution >= 4 is 21.8 Å². The molecule has 184 valence electrons. The summed E-state index contributed by atoms with van der Waals surface area (Å²) in [6, 6.07) is 16.7. The minimum Gasteiger partial charge on any atom is -0.322 e. The molecule has 0 fully saturated rings. The van der Waals surface area contributed by atoms with Crippen LogP contribution in [0, 0.1) is 0 Å². The lowest BCUT2D eigenvalue weighted by Gasteiger charge is -2.30. The van der Waals surface area contributed by atoms with Gasteiger partial charge in [0.15, 0.2) is 0 Å². The van der Waals surface area contributed by atoms with Gasteiger partial charge in [0.2, 0.25) is 0 Å². The van der Waals surface area contributed by atoms with Crippen LogP contribution in [-0.2, 0) is 29.4 Å². The van der Waals surface area contributed by atoms with Crippen molar-refractivity contribution in [3.63, 3.8) is 0 Å². The summed E-state index contributed by atoms with van der Waals surface area (Å²) in [7, 11) is -0.531. The average molecular weight is 504 g/mol. The Morgan fingerprint density at radius 2 is 1.66 bits per heavy atom. The first-order chi connectivity index (χ1) is 16.5. The molecule has 1 aliphatic heterocycles. The Labute approximate surface area is 202 Å². The minimum absolute atomic E-state index is 0.251. The number of carbonyl (C=O) groups is 1. The maximum atomic E-state index is 13.1. The molecule has 3 aromatic carbocycles. The summed E-state index contributed by atoms with van der Waals surface area (Å²) in [6.45, 7) is 0.586. The zero-order chi connectivity index (χ0) is 25.4. The van der Waals surface area contributed by atoms with Crippen LogP contribution in [0.2, 0.25) is 0 Å². The second-order valence-corrected chi connectivity index (χ2v) is 10.6. The van der Waals surface area contributed by atoms with Crippen molar-refractivity contribution in [2.24, 2.45) is 0 Å². The number of anilines is 1. The van der Waals surface area contributed by atoms with E-state index in [1.165, 1.54) is 34.8 Å². The van der Waals surface area contributed by atoms with Gasteiger partial charge in [-0.1, -0.05) is 36.4 Å². The molecular weight excluding hydrogens is 479 g/mol. The minimum atomic E-state index is -4.43. The van der Waals surface area contributed by atoms with Gasteiger partial charge in [-0.05, 0) is 59.0 Å². The number of carbonyl (C=O) groups excluding carboxylic acids is 1. The van der Waals surface area contributed by atoms with E-state index in [1.54, 1.807) is 36.4 Å². The van der Waals surface area contributed by atoms with Gasteiger partial charge in [-0.25, -0.2) is 0 Å². The molecular formula is C25H24F3N3O3S. The second-order valence-electron chi connectivity index (χ2n) is 8.43. The van der Waals surface area contributed by atoms with Crippen LogP contribution in [0.4, 0.5) is 18.9 Å². The lowest BCUT2D eigenvalue weighted by atomic mass is 9.97. The first-order valence-electron chi connectivity index (χ1n) is 10.8. The number of nitrogens with one attached hydrogen (secondary N) is 1. The third-order valence-electron chi connectivity index (χ3n) is 5.92. The largest absolute Gasteiger partial charge is 0.416 e. The summed E-state index contributed by atoms with van der Waals surface area (Å²) in [4.78, 5) is 13.1. The molecule has 0 aliphatic carbocycles. The predicted molar refractivity (Wildman–Crippen MR) is 128 cm³/mol. The highest BCUT2D eigenvalue weighted by atomic mass is 32.2. The Balaban J connectivity index is 1.54. The zero-order valence-electron chi connectivity index (χ0n) is 19.1. The molecule has 0 unspecified atom stereocenters. The molecule has 0 atom stereocenters. The van der Waals surface area contributed by atoms with Gasteiger partial charge in [0.05, 0.1) is 5.56 Å². The third kappa shape index (κ3) is 5.24. The van der Waals surface area contributed by atoms with Crippen molar-refractivity contribution in [1.29, 1.82) is 0 Å². The molecule has 0 aromatic heterocycles. The van der Waals surface area contributed by atoms with Gasteiger partial charge in [0.25, 0.3) is 16.1 Å². The van der Waals surface area contributed by atoms with Crippen LogP contribution in [0.5, 0.6) is 0 Å². The smallest absolute Gasteiger partial charge is 0.322 e. The number of hydrogen-bond acceptors (Lipinski definition) is 3. The highest BCUT2D eigenvalue weighted by Crippen LogP contribution is 2.32. The quantitative estimate of drug-likeness (QED) is 0.545. The van der Waals surface area contributed by atoms with Crippen molar-refractivity contribution in [1.82, 2.24) is 8.61 Å². The van der Waals surface area contributed by atoms with Gasteiger partial charge in [-0.2, -0.15) is 30.2 Å². The number of nitrogens with zero attached hydrogens (tertiary/aromatic N) is 2. The number of benzene rings is 3. The number of halogens is 3. The molecule has 0 radical (unpaired) electrons. The Hall–Kier alpha value is -3.21. The van der Waals surface area contributed by atoms with E-state index in [0.29, 0.717) is 35.3 Å². The maximum Gasteiger partial charge on any atom is 0.416 e. The van der Waals surface area contributed by atoms with Crippen LogP contribution in [0.25, 0.3) is 11.1 Å². The average Bonchev–Trinajstić information content (AvgIpc) is 2.83. The van der Waals surface area contributed by atoms with Crippen molar-refractivity contribution in [3.05, 3.63) is 89.0 Å². The highest BCUT2D eigenvalue weighted by molar-refractivity contribution is 7.86. The zero-order valence-corrected chi connectivity index (χ0v) is 19.9. The fourth-order valence-corrected chi connectivity index (χ4v) is 5.09. The fourth-order valence-electron chi connectivity index (χ4n) is 4.00. The van der Waals surface area contributed by atoms with E-state index in [0.717, 1.165) is 23.3 Å². The molecule has 35 heavy (non-hydrogen) atoms. The molecule has 4 rings (SSSR count). The van der Waals surface area contributed by atoms with Crippen molar-refractivity contribution in [2.75, 3.05) is 26.0 Å². The summed E-state index contributed by atoms with van der Waals surface area (Å²) in [5, 5.41) is 2.85. The molecule has 0 spiro atoms. The second kappa shape index (κ2) is 9.44. The first-order valence-corrected chi connectivity index (χ1v) is 12.2. The normalized spacial score (nSPS) is 14.6. The Morgan fingerprint density at radius 1 is 0.971 bits per heavy atom. The van der Waals surface area contributed by atoms with E-state index in [2.05, 4.69) is 5.32 Å². The van der Waals surface area contributed by atoms with Crippen LogP contribution in [-0.4, -0.2) is 43.6 Å². The molecule has 0 saturated heterocycles. The van der Waals surface area contributed by atoms with Gasteiger partial charge < -0.3 is 5.32 Å². The predicted octanol–water partition coefficient (Wildman–Crippen LogP) is 4.79. The number of alkyl halides is 3. The first kappa shape index (κ1) is 24.9. The standard InChI is InChI=1S/C25H24F3N3O3S/c1-30(2)35(33,34)31-14-13-18-15-21(12-9-19(18)16-31)29-24(32)23-6-4-3-5-22(23)17-7-10-20(11-8-17)25(26,27)28/h3-12,15H,13-14,16H2,1-2H3,(H,29,32). The molecule has 1 N–H and O–H groups in total. The molecule has 0 bridgehead atoms. The summed E-state index contributed by atoms with van der Waals surface area (Å²) < 4.78 is 66.2. The number of rotatable bonds is 5. The number of fused-ring (bicyclic) bond motifs is 1. The fraction of sp³-hybridized carbons (Fsp3) is 0.240. The van der Waals surface area contributed by atoms with E-state index in [4.69, 9.17) is 0 Å². The topological polar surface area (TPSA) is 69.7 Å². The van der Waals surface area contributed by atoms with Crippen LogP contribution in [0.15, 0.2) is 66.7 Å². The molecule has 1 amide bonds. The van der Waals surface area contributed by atoms with Gasteiger partial charge in [-0.3, -0.25) is 4.79 Å². The maximum absolute atomic E-state index is 13.1. The summed E-state index contributed by atoms with van der Waals surface area (Å²) in [6.07, 6.45) is -3.93. The summed E-state index contributed by atoms with van der Waals surface area (Å²) >= 11 is 0. The lowest BCUT2D eigenvalue weighted by Crippen LogP contribution is -2.42. The summed E-state index contributed by atoms with van der Waals surface area (Å²) in [5.74, 6) is -0.395. The van der Waals surface area contributed by atoms with Crippen LogP contribution in [0.3, 0.4) is 0 Å². The molecule has 1 heterocycles. The number of hydrogen-bond donors (Lipinski definition) is 1. The summed E-state index contributed by atoms with van der Waals surface area (Å²) in [5.41, 5.74) is 2.95. The van der Waals surface area contributed by atoms with Crippen LogP contribution >= 0.6 is 0 Å². The van der Waals surface area contributed by atoms with Crippen molar-refractivity contribution in [2.45, 2.75) is 19.1 Å². The third-order valence-corrected chi connectivity index (χ3v) is 7.81. The van der Waals surface area contributed by atoms with E-state index in [1.807, 2.05) is 6.07 Å². The van der Waals surface area contributed by atoms with E-state index in [9.17, 15) is 26.4 Å². The van der Waals surface area contributed by atoms with Gasteiger partial charge >= 0.3 is 6.18 Å². The number of amides is 1. The molecule has 0 saturated carbocycles. The van der Waals surface area contributed by atoms with Gasteiger partial charge in [-0.15, -0.1) is 0 Å². The highest BCUT2D eigenvalue weighted by Gasteiger charge is 2.30. The molecule has 3 aromatic rings. The Kier molecular flexibility index (Phi) is 6.72. The lowest BCUT2D eigenvalue weighted by molar-refractivity contribution is -0.137. The van der Waals surface area contributed by atoms with E-state index < -0.39 is 27.9 Å². The van der Waals surface area contributed by atoms with E-state index in [-0.39, 0.29) is 6.54 Å². The molecule has 10 heteroatoms. The van der Waals surface area contributed by atoms with Gasteiger partial charge in [0.1, 0.15) is 0 Å². The molecule has 6 nitrogen and oxygen atoms in total. The van der Waals surface area contributed by atoms with Crippen molar-refractivity contribution < 1.29 is 26.4 Å². The molecule has 1 aliphatic rings. The van der Waals surface area contributed by atoms with E-state index >= 15 is 0 Å². The SMILES string of the molecule is CN(C)S(=O)(=O)N1CCc2cc(NC(=O)c3ccccc3-c3ccc(C(F)(F)F)cc3)ccc2C1.